The maximum absolute atomic E-state index is 16.1. The van der Waals surface area contributed by atoms with Crippen LogP contribution in [0.4, 0.5) is 25.0 Å². The molecule has 1 aliphatic carbocycles. The number of anilines is 2. The molecule has 4 aliphatic rings. The highest BCUT2D eigenvalue weighted by Crippen LogP contribution is 2.48. The van der Waals surface area contributed by atoms with Crippen molar-refractivity contribution in [2.45, 2.75) is 56.2 Å². The fourth-order valence-electron chi connectivity index (χ4n) is 7.63. The monoisotopic (exact) mass is 739 g/mol. The van der Waals surface area contributed by atoms with Gasteiger partial charge >= 0.3 is 12.1 Å². The number of hydrogen-bond donors (Lipinski definition) is 1. The lowest BCUT2D eigenvalue weighted by atomic mass is 10.0. The molecule has 13 nitrogen and oxygen atoms in total. The summed E-state index contributed by atoms with van der Waals surface area (Å²) < 4.78 is 57.9. The zero-order valence-corrected chi connectivity index (χ0v) is 28.9. The van der Waals surface area contributed by atoms with Crippen molar-refractivity contribution in [1.82, 2.24) is 14.1 Å². The number of rotatable bonds is 10. The van der Waals surface area contributed by atoms with Gasteiger partial charge in [0.05, 0.1) is 48.6 Å². The summed E-state index contributed by atoms with van der Waals surface area (Å²) in [6.07, 6.45) is 7.20. The number of ether oxygens (including phenoxy) is 4. The van der Waals surface area contributed by atoms with E-state index in [1.807, 2.05) is 18.2 Å². The molecule has 9 rings (SSSR count). The Morgan fingerprint density at radius 2 is 1.89 bits per heavy atom. The predicted octanol–water partition coefficient (Wildman–Crippen LogP) is 4.97. The van der Waals surface area contributed by atoms with E-state index in [0.29, 0.717) is 17.7 Å². The van der Waals surface area contributed by atoms with Gasteiger partial charge in [0, 0.05) is 37.1 Å². The molecule has 0 spiro atoms. The van der Waals surface area contributed by atoms with Gasteiger partial charge in [-0.3, -0.25) is 9.69 Å². The molecule has 15 heteroatoms. The Bertz CT molecular complexity index is 2330. The van der Waals surface area contributed by atoms with E-state index in [-0.39, 0.29) is 73.5 Å². The number of hydrogen-bond acceptors (Lipinski definition) is 10. The van der Waals surface area contributed by atoms with Gasteiger partial charge < -0.3 is 38.1 Å². The maximum atomic E-state index is 16.1. The molecule has 3 fully saturated rings. The summed E-state index contributed by atoms with van der Waals surface area (Å²) in [6, 6.07) is 13.9. The number of carbonyl (C=O) groups is 2. The summed E-state index contributed by atoms with van der Waals surface area (Å²) in [7, 11) is 0. The van der Waals surface area contributed by atoms with E-state index in [0.717, 1.165) is 24.5 Å². The van der Waals surface area contributed by atoms with Crippen molar-refractivity contribution in [2.24, 2.45) is 0 Å². The number of imidazole rings is 1. The van der Waals surface area contributed by atoms with Crippen LogP contribution in [0.3, 0.4) is 0 Å². The van der Waals surface area contributed by atoms with Crippen molar-refractivity contribution in [3.8, 4) is 11.5 Å². The van der Waals surface area contributed by atoms with Crippen LogP contribution in [0.5, 0.6) is 11.5 Å². The summed E-state index contributed by atoms with van der Waals surface area (Å²) in [6.45, 7) is 0.344. The molecule has 5 aromatic rings. The number of aromatic nitrogens is 3. The summed E-state index contributed by atoms with van der Waals surface area (Å²) in [5.74, 6) is -2.24. The standard InChI is InChI=1S/C39H35F2N5O8/c40-30-12-25(45-16-27(54-38(45)49)15-43-11-10-42-22-43)8-9-32(30)53-21-39(50)14-26-19-51-36-33-28(13-31(41)34(36)46(26)20-39)35(47)29(17-44(33)24-6-7-24)37(48)52-18-23-4-2-1-3-5-23/h1-5,8-13,17,22,24,26-27,50H,6-7,14-16,18-21H2/t26-,27-,39-/m0/s1. The normalized spacial score (nSPS) is 21.8. The topological polar surface area (TPSA) is 138 Å². The van der Waals surface area contributed by atoms with Crippen molar-refractivity contribution in [3.05, 3.63) is 112 Å². The van der Waals surface area contributed by atoms with Gasteiger partial charge in [0.15, 0.2) is 23.1 Å². The average Bonchev–Trinajstić information content (AvgIpc) is 3.58. The molecule has 2 aromatic heterocycles. The van der Waals surface area contributed by atoms with Crippen LogP contribution in [-0.4, -0.2) is 75.3 Å². The molecular formula is C39H35F2N5O8. The minimum absolute atomic E-state index is 0.00149. The quantitative estimate of drug-likeness (QED) is 0.196. The summed E-state index contributed by atoms with van der Waals surface area (Å²) >= 11 is 0. The van der Waals surface area contributed by atoms with Crippen molar-refractivity contribution >= 4 is 34.3 Å². The van der Waals surface area contributed by atoms with Crippen LogP contribution in [0.2, 0.25) is 0 Å². The van der Waals surface area contributed by atoms with Crippen LogP contribution in [-0.2, 0) is 22.6 Å². The van der Waals surface area contributed by atoms with Gasteiger partial charge in [-0.1, -0.05) is 30.3 Å². The van der Waals surface area contributed by atoms with Gasteiger partial charge in [-0.25, -0.2) is 23.4 Å². The Labute approximate surface area is 306 Å². The number of benzene rings is 3. The molecule has 1 N–H and O–H groups in total. The van der Waals surface area contributed by atoms with Crippen LogP contribution in [0.25, 0.3) is 10.9 Å². The lowest BCUT2D eigenvalue weighted by Crippen LogP contribution is -2.41. The first-order valence-electron chi connectivity index (χ1n) is 17.7. The largest absolute Gasteiger partial charge is 0.487 e. The van der Waals surface area contributed by atoms with Gasteiger partial charge in [0.25, 0.3) is 0 Å². The van der Waals surface area contributed by atoms with E-state index >= 15 is 8.78 Å². The summed E-state index contributed by atoms with van der Waals surface area (Å²) in [5.41, 5.74) is -0.832. The first-order chi connectivity index (χ1) is 26.1. The molecule has 5 heterocycles. The third-order valence-electron chi connectivity index (χ3n) is 10.4. The van der Waals surface area contributed by atoms with Gasteiger partial charge in [-0.2, -0.15) is 0 Å². The smallest absolute Gasteiger partial charge is 0.414 e. The van der Waals surface area contributed by atoms with Crippen LogP contribution < -0.4 is 24.7 Å². The molecule has 0 bridgehead atoms. The maximum Gasteiger partial charge on any atom is 0.414 e. The van der Waals surface area contributed by atoms with E-state index in [1.54, 1.807) is 51.0 Å². The molecule has 1 saturated carbocycles. The van der Waals surface area contributed by atoms with Crippen LogP contribution in [0.15, 0.2) is 84.3 Å². The lowest BCUT2D eigenvalue weighted by molar-refractivity contribution is 0.00980. The zero-order valence-electron chi connectivity index (χ0n) is 28.9. The second-order valence-corrected chi connectivity index (χ2v) is 14.3. The average molecular weight is 740 g/mol. The number of halogens is 2. The van der Waals surface area contributed by atoms with Crippen LogP contribution in [0.1, 0.15) is 41.2 Å². The molecule has 1 amide bonds. The highest BCUT2D eigenvalue weighted by Gasteiger charge is 2.48. The minimum Gasteiger partial charge on any atom is -0.487 e. The minimum atomic E-state index is -1.51. The fourth-order valence-corrected chi connectivity index (χ4v) is 7.63. The number of fused-ring (bicyclic) bond motifs is 5. The third-order valence-corrected chi connectivity index (χ3v) is 10.4. The van der Waals surface area contributed by atoms with Crippen LogP contribution in [0, 0.1) is 11.6 Å². The van der Waals surface area contributed by atoms with E-state index in [4.69, 9.17) is 18.9 Å². The molecule has 278 valence electrons. The molecule has 2 saturated heterocycles. The number of pyridine rings is 1. The van der Waals surface area contributed by atoms with E-state index in [1.165, 1.54) is 23.2 Å². The summed E-state index contributed by atoms with van der Waals surface area (Å²) in [5, 5.41) is 11.7. The van der Waals surface area contributed by atoms with E-state index in [9.17, 15) is 19.5 Å². The Balaban J connectivity index is 0.926. The number of esters is 1. The molecule has 0 unspecified atom stereocenters. The Morgan fingerprint density at radius 3 is 2.65 bits per heavy atom. The van der Waals surface area contributed by atoms with Crippen molar-refractivity contribution in [1.29, 1.82) is 0 Å². The number of carbonyl (C=O) groups excluding carboxylic acids is 2. The Hall–Kier alpha value is -5.96. The van der Waals surface area contributed by atoms with Gasteiger partial charge in [0.2, 0.25) is 5.43 Å². The molecular weight excluding hydrogens is 704 g/mol. The Kier molecular flexibility index (Phi) is 8.25. The highest BCUT2D eigenvalue weighted by molar-refractivity contribution is 5.98. The molecule has 3 aliphatic heterocycles. The number of nitrogens with zero attached hydrogens (tertiary/aromatic N) is 5. The van der Waals surface area contributed by atoms with E-state index < -0.39 is 46.9 Å². The van der Waals surface area contributed by atoms with E-state index in [2.05, 4.69) is 4.98 Å². The lowest BCUT2D eigenvalue weighted by Gasteiger charge is -2.34. The molecule has 3 aromatic carbocycles. The first-order valence-corrected chi connectivity index (χ1v) is 17.7. The number of cyclic esters (lactones) is 1. The second-order valence-electron chi connectivity index (χ2n) is 14.3. The summed E-state index contributed by atoms with van der Waals surface area (Å²) in [4.78, 5) is 46.5. The highest BCUT2D eigenvalue weighted by atomic mass is 19.1. The third kappa shape index (κ3) is 6.17. The fraction of sp³-hybridized carbons (Fsp3) is 0.333. The van der Waals surface area contributed by atoms with Crippen molar-refractivity contribution < 1.29 is 42.4 Å². The molecule has 54 heavy (non-hydrogen) atoms. The first kappa shape index (κ1) is 33.8. The SMILES string of the molecule is O=C(OCc1ccccc1)c1cn(C2CC2)c2c3c(c(F)cc2c1=O)N1C[C@](O)(COc2ccc(N4C[C@H](Cn5ccnc5)OC4=O)cc2F)C[C@H]1CO3. The molecule has 0 radical (unpaired) electrons. The van der Waals surface area contributed by atoms with Crippen molar-refractivity contribution in [3.63, 3.8) is 0 Å². The van der Waals surface area contributed by atoms with Crippen LogP contribution >= 0.6 is 0 Å². The Morgan fingerprint density at radius 1 is 1.06 bits per heavy atom. The number of amides is 1. The zero-order chi connectivity index (χ0) is 37.1. The predicted molar refractivity (Wildman–Crippen MR) is 190 cm³/mol. The van der Waals surface area contributed by atoms with Crippen molar-refractivity contribution in [2.75, 3.05) is 36.1 Å². The molecule has 3 atom stereocenters. The number of aliphatic hydroxyl groups is 1. The second kappa shape index (κ2) is 13.2. The van der Waals surface area contributed by atoms with Gasteiger partial charge in [-0.05, 0) is 36.6 Å². The van der Waals surface area contributed by atoms with Gasteiger partial charge in [0.1, 0.15) is 42.8 Å². The van der Waals surface area contributed by atoms with Gasteiger partial charge in [-0.15, -0.1) is 0 Å².